The molecule has 0 aromatic carbocycles. The number of hydrogen-bond donors (Lipinski definition) is 3. The van der Waals surface area contributed by atoms with Gasteiger partial charge in [-0.1, -0.05) is 0 Å². The van der Waals surface area contributed by atoms with Gasteiger partial charge in [-0.05, 0) is 6.07 Å². The second kappa shape index (κ2) is 5.26. The molecular formula is C9H9F3N2O2S. The number of aromatic amines is 1. The SMILES string of the molecule is O=C(NCCS)c1c[nH]c(=O)c(C(F)(F)F)c1. The number of carbonyl (C=O) groups excluding carboxylic acids is 1. The predicted molar refractivity (Wildman–Crippen MR) is 58.3 cm³/mol. The highest BCUT2D eigenvalue weighted by molar-refractivity contribution is 7.80. The molecule has 0 bridgehead atoms. The lowest BCUT2D eigenvalue weighted by Gasteiger charge is -2.07. The maximum Gasteiger partial charge on any atom is 0.421 e. The molecule has 0 spiro atoms. The van der Waals surface area contributed by atoms with E-state index in [1.807, 2.05) is 4.98 Å². The second-order valence-electron chi connectivity index (χ2n) is 3.11. The molecule has 0 fully saturated rings. The van der Waals surface area contributed by atoms with E-state index in [-0.39, 0.29) is 12.1 Å². The Hall–Kier alpha value is -1.44. The van der Waals surface area contributed by atoms with Crippen molar-refractivity contribution in [2.75, 3.05) is 12.3 Å². The third-order valence-corrected chi connectivity index (χ3v) is 2.09. The molecule has 0 saturated carbocycles. The normalized spacial score (nSPS) is 11.3. The van der Waals surface area contributed by atoms with Crippen LogP contribution in [0.25, 0.3) is 0 Å². The largest absolute Gasteiger partial charge is 0.421 e. The van der Waals surface area contributed by atoms with Crippen LogP contribution in [0.5, 0.6) is 0 Å². The van der Waals surface area contributed by atoms with Crippen LogP contribution in [0.1, 0.15) is 15.9 Å². The topological polar surface area (TPSA) is 62.0 Å². The fourth-order valence-corrected chi connectivity index (χ4v) is 1.21. The van der Waals surface area contributed by atoms with Crippen molar-refractivity contribution in [2.24, 2.45) is 0 Å². The van der Waals surface area contributed by atoms with Crippen molar-refractivity contribution in [1.82, 2.24) is 10.3 Å². The minimum atomic E-state index is -4.78. The minimum Gasteiger partial charge on any atom is -0.351 e. The molecular weight excluding hydrogens is 257 g/mol. The number of hydrogen-bond acceptors (Lipinski definition) is 3. The third-order valence-electron chi connectivity index (χ3n) is 1.87. The average Bonchev–Trinajstić information content (AvgIpc) is 2.25. The van der Waals surface area contributed by atoms with Crippen LogP contribution >= 0.6 is 12.6 Å². The molecule has 1 heterocycles. The maximum absolute atomic E-state index is 12.4. The number of nitrogens with one attached hydrogen (secondary N) is 2. The van der Waals surface area contributed by atoms with E-state index >= 15 is 0 Å². The van der Waals surface area contributed by atoms with E-state index in [1.54, 1.807) is 0 Å². The molecule has 1 rings (SSSR count). The van der Waals surface area contributed by atoms with E-state index in [4.69, 9.17) is 0 Å². The molecule has 0 atom stereocenters. The zero-order valence-electron chi connectivity index (χ0n) is 8.47. The lowest BCUT2D eigenvalue weighted by molar-refractivity contribution is -0.138. The zero-order valence-corrected chi connectivity index (χ0v) is 9.36. The van der Waals surface area contributed by atoms with Gasteiger partial charge in [0, 0.05) is 18.5 Å². The molecule has 8 heteroatoms. The van der Waals surface area contributed by atoms with Gasteiger partial charge in [-0.25, -0.2) is 0 Å². The first-order valence-corrected chi connectivity index (χ1v) is 5.18. The number of halogens is 3. The number of rotatable bonds is 3. The Morgan fingerprint density at radius 1 is 1.47 bits per heavy atom. The number of carbonyl (C=O) groups is 1. The van der Waals surface area contributed by atoms with Gasteiger partial charge in [0.05, 0.1) is 5.56 Å². The fraction of sp³-hybridized carbons (Fsp3) is 0.333. The molecule has 1 aromatic rings. The summed E-state index contributed by atoms with van der Waals surface area (Å²) in [7, 11) is 0. The molecule has 0 unspecified atom stereocenters. The lowest BCUT2D eigenvalue weighted by atomic mass is 10.2. The summed E-state index contributed by atoms with van der Waals surface area (Å²) in [4.78, 5) is 24.2. The highest BCUT2D eigenvalue weighted by atomic mass is 32.1. The number of thiol groups is 1. The standard InChI is InChI=1S/C9H9F3N2O2S/c10-9(11,12)6-3-5(4-14-8(6)16)7(15)13-1-2-17/h3-4,17H,1-2H2,(H,13,15)(H,14,16). The molecule has 0 aliphatic carbocycles. The monoisotopic (exact) mass is 266 g/mol. The van der Waals surface area contributed by atoms with E-state index < -0.39 is 23.2 Å². The van der Waals surface area contributed by atoms with Crippen molar-refractivity contribution in [3.05, 3.63) is 33.7 Å². The number of alkyl halides is 3. The van der Waals surface area contributed by atoms with Crippen LogP contribution in [-0.4, -0.2) is 23.2 Å². The first-order chi connectivity index (χ1) is 7.86. The van der Waals surface area contributed by atoms with Gasteiger partial charge in [0.1, 0.15) is 5.56 Å². The van der Waals surface area contributed by atoms with Crippen LogP contribution in [-0.2, 0) is 6.18 Å². The summed E-state index contributed by atoms with van der Waals surface area (Å²) < 4.78 is 37.1. The molecule has 0 aliphatic heterocycles. The average molecular weight is 266 g/mol. The van der Waals surface area contributed by atoms with Gasteiger partial charge >= 0.3 is 6.18 Å². The van der Waals surface area contributed by atoms with Gasteiger partial charge in [-0.3, -0.25) is 9.59 Å². The molecule has 0 saturated heterocycles. The number of amides is 1. The predicted octanol–water partition coefficient (Wildman–Crippen LogP) is 1.05. The maximum atomic E-state index is 12.4. The van der Waals surface area contributed by atoms with E-state index in [0.29, 0.717) is 11.8 Å². The summed E-state index contributed by atoms with van der Waals surface area (Å²) in [6, 6.07) is 0.521. The van der Waals surface area contributed by atoms with Crippen molar-refractivity contribution < 1.29 is 18.0 Å². The second-order valence-corrected chi connectivity index (χ2v) is 3.56. The smallest absolute Gasteiger partial charge is 0.351 e. The molecule has 17 heavy (non-hydrogen) atoms. The van der Waals surface area contributed by atoms with Crippen LogP contribution in [0, 0.1) is 0 Å². The van der Waals surface area contributed by atoms with Crippen LogP contribution in [0.2, 0.25) is 0 Å². The first-order valence-electron chi connectivity index (χ1n) is 4.55. The van der Waals surface area contributed by atoms with E-state index in [1.165, 1.54) is 0 Å². The van der Waals surface area contributed by atoms with Crippen LogP contribution in [0.3, 0.4) is 0 Å². The van der Waals surface area contributed by atoms with Gasteiger partial charge in [0.2, 0.25) is 0 Å². The summed E-state index contributed by atoms with van der Waals surface area (Å²) in [6.45, 7) is 0.225. The third kappa shape index (κ3) is 3.52. The summed E-state index contributed by atoms with van der Waals surface area (Å²) >= 11 is 3.84. The van der Waals surface area contributed by atoms with E-state index in [2.05, 4.69) is 17.9 Å². The van der Waals surface area contributed by atoms with Crippen molar-refractivity contribution in [2.45, 2.75) is 6.18 Å². The molecule has 1 aromatic heterocycles. The van der Waals surface area contributed by atoms with Crippen LogP contribution in [0.4, 0.5) is 13.2 Å². The molecule has 1 amide bonds. The fourth-order valence-electron chi connectivity index (χ4n) is 1.10. The molecule has 2 N–H and O–H groups in total. The number of H-pyrrole nitrogens is 1. The molecule has 0 aliphatic rings. The van der Waals surface area contributed by atoms with Gasteiger partial charge < -0.3 is 10.3 Å². The summed E-state index contributed by atoms with van der Waals surface area (Å²) in [5, 5.41) is 2.34. The Morgan fingerprint density at radius 3 is 2.65 bits per heavy atom. The Balaban J connectivity index is 3.05. The van der Waals surface area contributed by atoms with Crippen molar-refractivity contribution >= 4 is 18.5 Å². The summed E-state index contributed by atoms with van der Waals surface area (Å²) in [5.41, 5.74) is -2.92. The first kappa shape index (κ1) is 13.6. The molecule has 4 nitrogen and oxygen atoms in total. The Labute approximate surface area is 99.6 Å². The van der Waals surface area contributed by atoms with E-state index in [9.17, 15) is 22.8 Å². The quantitative estimate of drug-likeness (QED) is 0.716. The Bertz CT molecular complexity index is 470. The van der Waals surface area contributed by atoms with Crippen LogP contribution < -0.4 is 10.9 Å². The van der Waals surface area contributed by atoms with Crippen molar-refractivity contribution in [3.8, 4) is 0 Å². The lowest BCUT2D eigenvalue weighted by Crippen LogP contribution is -2.28. The van der Waals surface area contributed by atoms with Gasteiger partial charge in [0.15, 0.2) is 0 Å². The van der Waals surface area contributed by atoms with Crippen molar-refractivity contribution in [3.63, 3.8) is 0 Å². The van der Waals surface area contributed by atoms with Crippen molar-refractivity contribution in [1.29, 1.82) is 0 Å². The summed E-state index contributed by atoms with van der Waals surface area (Å²) in [5.74, 6) is -0.331. The zero-order chi connectivity index (χ0) is 13.1. The number of aromatic nitrogens is 1. The Kier molecular flexibility index (Phi) is 4.22. The molecule has 94 valence electrons. The van der Waals surface area contributed by atoms with Gasteiger partial charge in [-0.2, -0.15) is 25.8 Å². The van der Waals surface area contributed by atoms with E-state index in [0.717, 1.165) is 6.20 Å². The number of pyridine rings is 1. The summed E-state index contributed by atoms with van der Waals surface area (Å²) in [6.07, 6.45) is -3.85. The highest BCUT2D eigenvalue weighted by Crippen LogP contribution is 2.26. The minimum absolute atomic E-state index is 0.225. The van der Waals surface area contributed by atoms with Gasteiger partial charge in [0.25, 0.3) is 11.5 Å². The Morgan fingerprint density at radius 2 is 2.12 bits per heavy atom. The highest BCUT2D eigenvalue weighted by Gasteiger charge is 2.34. The van der Waals surface area contributed by atoms with Crippen LogP contribution in [0.15, 0.2) is 17.1 Å². The van der Waals surface area contributed by atoms with Gasteiger partial charge in [-0.15, -0.1) is 0 Å². The molecule has 0 radical (unpaired) electrons.